The van der Waals surface area contributed by atoms with E-state index in [9.17, 15) is 9.59 Å². The number of morpholine rings is 1. The van der Waals surface area contributed by atoms with Crippen molar-refractivity contribution < 1.29 is 19.4 Å². The highest BCUT2D eigenvalue weighted by atomic mass is 16.5. The minimum Gasteiger partial charge on any atom is -0.479 e. The SMILES string of the molecule is Cc1nn(C)cc1NC(=O)N1CCOC(C(=O)O)C1. The molecule has 0 radical (unpaired) electrons. The Kier molecular flexibility index (Phi) is 3.70. The number of anilines is 1. The van der Waals surface area contributed by atoms with Gasteiger partial charge in [0.15, 0.2) is 6.10 Å². The predicted molar refractivity (Wildman–Crippen MR) is 65.9 cm³/mol. The van der Waals surface area contributed by atoms with Crippen molar-refractivity contribution in [3.8, 4) is 0 Å². The van der Waals surface area contributed by atoms with Gasteiger partial charge in [-0.2, -0.15) is 5.10 Å². The van der Waals surface area contributed by atoms with Crippen LogP contribution in [0.15, 0.2) is 6.20 Å². The number of nitrogens with one attached hydrogen (secondary N) is 1. The molecule has 1 fully saturated rings. The van der Waals surface area contributed by atoms with Gasteiger partial charge in [0.1, 0.15) is 0 Å². The van der Waals surface area contributed by atoms with Crippen LogP contribution in [-0.2, 0) is 16.6 Å². The first-order chi connectivity index (χ1) is 8.97. The Labute approximate surface area is 109 Å². The van der Waals surface area contributed by atoms with E-state index >= 15 is 0 Å². The van der Waals surface area contributed by atoms with Crippen LogP contribution in [0.1, 0.15) is 5.69 Å². The lowest BCUT2D eigenvalue weighted by Crippen LogP contribution is -2.49. The highest BCUT2D eigenvalue weighted by Gasteiger charge is 2.29. The van der Waals surface area contributed by atoms with Gasteiger partial charge in [0, 0.05) is 19.8 Å². The smallest absolute Gasteiger partial charge is 0.334 e. The molecule has 8 nitrogen and oxygen atoms in total. The van der Waals surface area contributed by atoms with Crippen molar-refractivity contribution >= 4 is 17.7 Å². The van der Waals surface area contributed by atoms with Gasteiger partial charge in [-0.3, -0.25) is 4.68 Å². The van der Waals surface area contributed by atoms with Crippen LogP contribution in [0, 0.1) is 6.92 Å². The molecule has 104 valence electrons. The van der Waals surface area contributed by atoms with Crippen LogP contribution < -0.4 is 5.32 Å². The summed E-state index contributed by atoms with van der Waals surface area (Å²) in [5.74, 6) is -1.06. The van der Waals surface area contributed by atoms with E-state index in [2.05, 4.69) is 10.4 Å². The number of ether oxygens (including phenoxy) is 1. The number of carbonyl (C=O) groups is 2. The Morgan fingerprint density at radius 1 is 1.58 bits per heavy atom. The summed E-state index contributed by atoms with van der Waals surface area (Å²) in [5, 5.41) is 15.7. The van der Waals surface area contributed by atoms with Gasteiger partial charge in [0.05, 0.1) is 24.5 Å². The van der Waals surface area contributed by atoms with Gasteiger partial charge < -0.3 is 20.1 Å². The number of carbonyl (C=O) groups excluding carboxylic acids is 1. The number of hydrogen-bond acceptors (Lipinski definition) is 4. The fourth-order valence-electron chi connectivity index (χ4n) is 1.90. The Bertz CT molecular complexity index is 499. The second-order valence-electron chi connectivity index (χ2n) is 4.38. The van der Waals surface area contributed by atoms with Gasteiger partial charge in [0.25, 0.3) is 0 Å². The maximum atomic E-state index is 12.0. The molecule has 0 aliphatic carbocycles. The molecule has 2 heterocycles. The van der Waals surface area contributed by atoms with E-state index in [-0.39, 0.29) is 19.2 Å². The van der Waals surface area contributed by atoms with E-state index in [0.29, 0.717) is 17.9 Å². The molecule has 1 aliphatic heterocycles. The maximum Gasteiger partial charge on any atom is 0.334 e. The van der Waals surface area contributed by atoms with E-state index in [1.165, 1.54) is 4.90 Å². The molecule has 2 rings (SSSR count). The van der Waals surface area contributed by atoms with Crippen LogP contribution in [-0.4, -0.2) is 57.6 Å². The van der Waals surface area contributed by atoms with Crippen molar-refractivity contribution in [3.63, 3.8) is 0 Å². The van der Waals surface area contributed by atoms with Crippen LogP contribution in [0.3, 0.4) is 0 Å². The summed E-state index contributed by atoms with van der Waals surface area (Å²) < 4.78 is 6.66. The quantitative estimate of drug-likeness (QED) is 0.789. The lowest BCUT2D eigenvalue weighted by molar-refractivity contribution is -0.154. The van der Waals surface area contributed by atoms with E-state index < -0.39 is 12.1 Å². The van der Waals surface area contributed by atoms with Crippen LogP contribution in [0.4, 0.5) is 10.5 Å². The number of rotatable bonds is 2. The monoisotopic (exact) mass is 268 g/mol. The molecule has 1 atom stereocenters. The van der Waals surface area contributed by atoms with Crippen LogP contribution in [0.5, 0.6) is 0 Å². The van der Waals surface area contributed by atoms with Crippen molar-refractivity contribution in [2.45, 2.75) is 13.0 Å². The van der Waals surface area contributed by atoms with Gasteiger partial charge in [-0.05, 0) is 6.92 Å². The molecule has 1 unspecified atom stereocenters. The van der Waals surface area contributed by atoms with Crippen molar-refractivity contribution in [2.24, 2.45) is 7.05 Å². The molecule has 8 heteroatoms. The first-order valence-electron chi connectivity index (χ1n) is 5.88. The first kappa shape index (κ1) is 13.3. The lowest BCUT2D eigenvalue weighted by atomic mass is 10.3. The molecule has 1 aromatic heterocycles. The number of aryl methyl sites for hydroxylation is 2. The van der Waals surface area contributed by atoms with Crippen molar-refractivity contribution in [3.05, 3.63) is 11.9 Å². The Morgan fingerprint density at radius 2 is 2.32 bits per heavy atom. The number of urea groups is 1. The zero-order valence-corrected chi connectivity index (χ0v) is 10.8. The molecular weight excluding hydrogens is 252 g/mol. The third-order valence-corrected chi connectivity index (χ3v) is 2.88. The highest BCUT2D eigenvalue weighted by Crippen LogP contribution is 2.13. The molecule has 1 saturated heterocycles. The van der Waals surface area contributed by atoms with Gasteiger partial charge in [-0.25, -0.2) is 9.59 Å². The Balaban J connectivity index is 2.00. The molecule has 2 amide bonds. The number of carboxylic acids is 1. The van der Waals surface area contributed by atoms with Gasteiger partial charge in [0.2, 0.25) is 0 Å². The van der Waals surface area contributed by atoms with E-state index in [1.807, 2.05) is 0 Å². The summed E-state index contributed by atoms with van der Waals surface area (Å²) >= 11 is 0. The fourth-order valence-corrected chi connectivity index (χ4v) is 1.90. The third-order valence-electron chi connectivity index (χ3n) is 2.88. The number of aromatic nitrogens is 2. The predicted octanol–water partition coefficient (Wildman–Crippen LogP) is 0.0458. The second-order valence-corrected chi connectivity index (χ2v) is 4.38. The summed E-state index contributed by atoms with van der Waals surface area (Å²) in [5.41, 5.74) is 1.32. The standard InChI is InChI=1S/C11H16N4O4/c1-7-8(5-14(2)13-7)12-11(18)15-3-4-19-9(6-15)10(16)17/h5,9H,3-4,6H2,1-2H3,(H,12,18)(H,16,17). The number of carboxylic acid groups (broad SMARTS) is 1. The summed E-state index contributed by atoms with van der Waals surface area (Å²) in [4.78, 5) is 24.3. The van der Waals surface area contributed by atoms with Crippen LogP contribution in [0.25, 0.3) is 0 Å². The number of aliphatic carboxylic acids is 1. The number of hydrogen-bond donors (Lipinski definition) is 2. The second kappa shape index (κ2) is 5.27. The molecular formula is C11H16N4O4. The van der Waals surface area contributed by atoms with Gasteiger partial charge in [-0.15, -0.1) is 0 Å². The fraction of sp³-hybridized carbons (Fsp3) is 0.545. The zero-order chi connectivity index (χ0) is 14.0. The average Bonchev–Trinajstić information content (AvgIpc) is 2.68. The average molecular weight is 268 g/mol. The summed E-state index contributed by atoms with van der Waals surface area (Å²) in [6.45, 7) is 2.42. The number of amides is 2. The van der Waals surface area contributed by atoms with Gasteiger partial charge in [-0.1, -0.05) is 0 Å². The minimum absolute atomic E-state index is 0.0421. The largest absolute Gasteiger partial charge is 0.479 e. The van der Waals surface area contributed by atoms with Crippen LogP contribution >= 0.6 is 0 Å². The van der Waals surface area contributed by atoms with E-state index in [1.54, 1.807) is 24.9 Å². The van der Waals surface area contributed by atoms with E-state index in [4.69, 9.17) is 9.84 Å². The van der Waals surface area contributed by atoms with Crippen molar-refractivity contribution in [1.82, 2.24) is 14.7 Å². The van der Waals surface area contributed by atoms with E-state index in [0.717, 1.165) is 0 Å². The van der Waals surface area contributed by atoms with Crippen LogP contribution in [0.2, 0.25) is 0 Å². The maximum absolute atomic E-state index is 12.0. The highest BCUT2D eigenvalue weighted by molar-refractivity contribution is 5.90. The third kappa shape index (κ3) is 3.02. The lowest BCUT2D eigenvalue weighted by Gasteiger charge is -2.30. The molecule has 1 aliphatic rings. The molecule has 1 aromatic rings. The molecule has 0 saturated carbocycles. The normalized spacial score (nSPS) is 19.3. The summed E-state index contributed by atoms with van der Waals surface area (Å²) in [7, 11) is 1.76. The molecule has 19 heavy (non-hydrogen) atoms. The van der Waals surface area contributed by atoms with Crippen molar-refractivity contribution in [1.29, 1.82) is 0 Å². The first-order valence-corrected chi connectivity index (χ1v) is 5.88. The molecule has 0 bridgehead atoms. The number of nitrogens with zero attached hydrogens (tertiary/aromatic N) is 3. The topological polar surface area (TPSA) is 96.7 Å². The van der Waals surface area contributed by atoms with Crippen molar-refractivity contribution in [2.75, 3.05) is 25.0 Å². The molecule has 0 spiro atoms. The summed E-state index contributed by atoms with van der Waals surface area (Å²) in [6.07, 6.45) is 0.733. The summed E-state index contributed by atoms with van der Waals surface area (Å²) in [6, 6.07) is -0.342. The minimum atomic E-state index is -1.06. The molecule has 0 aromatic carbocycles. The Morgan fingerprint density at radius 3 is 2.89 bits per heavy atom. The van der Waals surface area contributed by atoms with Gasteiger partial charge >= 0.3 is 12.0 Å². The Hall–Kier alpha value is -2.09. The zero-order valence-electron chi connectivity index (χ0n) is 10.8. The molecule has 2 N–H and O–H groups in total.